The zero-order valence-electron chi connectivity index (χ0n) is 10.3. The quantitative estimate of drug-likeness (QED) is 0.270. The molecule has 0 aromatic rings. The van der Waals surface area contributed by atoms with Crippen LogP contribution in [0.25, 0.3) is 0 Å². The van der Waals surface area contributed by atoms with Crippen molar-refractivity contribution >= 4 is 8.32 Å². The van der Waals surface area contributed by atoms with Gasteiger partial charge in [0.25, 0.3) is 0 Å². The van der Waals surface area contributed by atoms with E-state index in [0.717, 1.165) is 23.9 Å². The Bertz CT molecular complexity index is 177. The van der Waals surface area contributed by atoms with E-state index in [0.29, 0.717) is 0 Å². The number of rotatable bonds is 6. The van der Waals surface area contributed by atoms with Crippen molar-refractivity contribution < 1.29 is 23.3 Å². The molecular weight excluding hydrogens is 183 g/mol. The Morgan fingerprint density at radius 3 is 1.86 bits per heavy atom. The Morgan fingerprint density at radius 2 is 1.64 bits per heavy atom. The second-order valence-corrected chi connectivity index (χ2v) is 7.89. The minimum Gasteiger partial charge on any atom is -0.631 e. The van der Waals surface area contributed by atoms with Gasteiger partial charge in [-0.05, 0) is 18.1 Å². The maximum atomic E-state index is 6.00. The van der Waals surface area contributed by atoms with Gasteiger partial charge in [0.1, 0.15) is 0 Å². The van der Waals surface area contributed by atoms with Crippen LogP contribution < -0.4 is 18.9 Å². The molecule has 0 atom stereocenters. The summed E-state index contributed by atoms with van der Waals surface area (Å²) in [5, 5.41) is 0. The number of allylic oxidation sites excluding steroid dienone is 2. The molecule has 0 aliphatic heterocycles. The van der Waals surface area contributed by atoms with E-state index in [4.69, 9.17) is 11.0 Å². The summed E-state index contributed by atoms with van der Waals surface area (Å²) in [6.45, 7) is 14.0. The van der Waals surface area contributed by atoms with Gasteiger partial charge in [-0.1, -0.05) is 33.5 Å². The van der Waals surface area contributed by atoms with Crippen LogP contribution in [0.15, 0.2) is 17.9 Å². The van der Waals surface area contributed by atoms with Crippen molar-refractivity contribution in [2.45, 2.75) is 45.8 Å². The Hall–Kier alpha value is 0.0943. The van der Waals surface area contributed by atoms with E-state index >= 15 is 0 Å². The van der Waals surface area contributed by atoms with Crippen LogP contribution in [0, 0.1) is 6.58 Å². The third-order valence-corrected chi connectivity index (χ3v) is 7.25. The van der Waals surface area contributed by atoms with E-state index in [2.05, 4.69) is 20.8 Å². The molecule has 0 amide bonds. The van der Waals surface area contributed by atoms with Gasteiger partial charge in [-0.3, -0.25) is 6.58 Å². The fourth-order valence-corrected chi connectivity index (χ4v) is 4.02. The topological polar surface area (TPSA) is 9.23 Å². The molecular formula is C11H21LiOSi. The molecule has 0 aromatic carbocycles. The van der Waals surface area contributed by atoms with Gasteiger partial charge in [0.2, 0.25) is 8.32 Å². The van der Waals surface area contributed by atoms with E-state index in [1.165, 1.54) is 0 Å². The molecule has 0 aliphatic rings. The molecule has 0 rings (SSSR count). The summed E-state index contributed by atoms with van der Waals surface area (Å²) in [6.07, 6.45) is 3.49. The minimum atomic E-state index is -1.50. The third kappa shape index (κ3) is 4.55. The van der Waals surface area contributed by atoms with Gasteiger partial charge in [0.05, 0.1) is 0 Å². The van der Waals surface area contributed by atoms with Crippen LogP contribution in [0.3, 0.4) is 0 Å². The summed E-state index contributed by atoms with van der Waals surface area (Å²) >= 11 is 0. The summed E-state index contributed by atoms with van der Waals surface area (Å²) in [7, 11) is -1.50. The Kier molecular flexibility index (Phi) is 9.92. The summed E-state index contributed by atoms with van der Waals surface area (Å²) < 4.78 is 6.00. The van der Waals surface area contributed by atoms with Crippen LogP contribution in [0.5, 0.6) is 0 Å². The zero-order valence-corrected chi connectivity index (χ0v) is 11.3. The first kappa shape index (κ1) is 16.5. The van der Waals surface area contributed by atoms with Crippen molar-refractivity contribution in [3.05, 3.63) is 24.5 Å². The summed E-state index contributed by atoms with van der Waals surface area (Å²) in [4.78, 5) is 0. The monoisotopic (exact) mass is 204 g/mol. The van der Waals surface area contributed by atoms with Gasteiger partial charge in [0.15, 0.2) is 0 Å². The molecule has 0 spiro atoms. The van der Waals surface area contributed by atoms with E-state index < -0.39 is 8.32 Å². The normalized spacial score (nSPS) is 11.9. The van der Waals surface area contributed by atoms with Crippen LogP contribution in [-0.4, -0.2) is 8.32 Å². The largest absolute Gasteiger partial charge is 1.00 e. The van der Waals surface area contributed by atoms with E-state index in [-0.39, 0.29) is 18.9 Å². The van der Waals surface area contributed by atoms with Crippen molar-refractivity contribution in [1.82, 2.24) is 0 Å². The molecule has 76 valence electrons. The maximum Gasteiger partial charge on any atom is 1.00 e. The standard InChI is InChI=1S/C11H21OSi.Li/c1-6-11(7-2)12-13(8-3,9-4)10-5;/h1,6-7H,8-10H2,2-5H3;/q-1;+1. The average Bonchev–Trinajstić information content (AvgIpc) is 2.21. The Morgan fingerprint density at radius 1 is 1.21 bits per heavy atom. The minimum absolute atomic E-state index is 0. The van der Waals surface area contributed by atoms with Gasteiger partial charge >= 0.3 is 18.9 Å². The van der Waals surface area contributed by atoms with Gasteiger partial charge < -0.3 is 4.43 Å². The second-order valence-electron chi connectivity index (χ2n) is 3.20. The Labute approximate surface area is 102 Å². The summed E-state index contributed by atoms with van der Waals surface area (Å²) in [5.41, 5.74) is 0. The van der Waals surface area contributed by atoms with Gasteiger partial charge in [-0.25, -0.2) is 6.08 Å². The van der Waals surface area contributed by atoms with Crippen molar-refractivity contribution in [2.24, 2.45) is 0 Å². The van der Waals surface area contributed by atoms with E-state index in [9.17, 15) is 0 Å². The molecule has 14 heavy (non-hydrogen) atoms. The molecule has 0 fully saturated rings. The fourth-order valence-electron chi connectivity index (χ4n) is 1.41. The zero-order chi connectivity index (χ0) is 10.3. The summed E-state index contributed by atoms with van der Waals surface area (Å²) in [6, 6.07) is 3.47. The fraction of sp³-hybridized carbons (Fsp3) is 0.636. The number of hydrogen-bond acceptors (Lipinski definition) is 1. The first-order valence-corrected chi connectivity index (χ1v) is 7.61. The molecule has 0 saturated carbocycles. The molecule has 0 radical (unpaired) electrons. The molecule has 0 heterocycles. The molecule has 0 bridgehead atoms. The first-order chi connectivity index (χ1) is 6.17. The predicted molar refractivity (Wildman–Crippen MR) is 60.9 cm³/mol. The third-order valence-electron chi connectivity index (χ3n) is 2.72. The SMILES string of the molecule is [CH-]=CC(=CC)O[Si](CC)(CC)CC.[Li+]. The maximum absolute atomic E-state index is 6.00. The molecule has 0 aliphatic carbocycles. The van der Waals surface area contributed by atoms with Gasteiger partial charge in [-0.2, -0.15) is 0 Å². The van der Waals surface area contributed by atoms with E-state index in [1.54, 1.807) is 6.08 Å². The van der Waals surface area contributed by atoms with Crippen LogP contribution in [0.2, 0.25) is 18.1 Å². The average molecular weight is 204 g/mol. The van der Waals surface area contributed by atoms with Crippen molar-refractivity contribution in [2.75, 3.05) is 0 Å². The van der Waals surface area contributed by atoms with Crippen molar-refractivity contribution in [1.29, 1.82) is 0 Å². The van der Waals surface area contributed by atoms with E-state index in [1.807, 2.05) is 13.0 Å². The first-order valence-electron chi connectivity index (χ1n) is 5.08. The summed E-state index contributed by atoms with van der Waals surface area (Å²) in [5.74, 6) is 0.845. The smallest absolute Gasteiger partial charge is 0.631 e. The second kappa shape index (κ2) is 8.41. The molecule has 0 unspecified atom stereocenters. The molecule has 1 nitrogen and oxygen atoms in total. The molecule has 3 heteroatoms. The van der Waals surface area contributed by atoms with Crippen LogP contribution in [-0.2, 0) is 4.43 Å². The van der Waals surface area contributed by atoms with Crippen molar-refractivity contribution in [3.63, 3.8) is 0 Å². The molecule has 0 N–H and O–H groups in total. The molecule has 0 aromatic heterocycles. The predicted octanol–water partition coefficient (Wildman–Crippen LogP) is 0.905. The van der Waals surface area contributed by atoms with Crippen LogP contribution >= 0.6 is 0 Å². The van der Waals surface area contributed by atoms with Gasteiger partial charge in [-0.15, -0.1) is 6.08 Å². The number of hydrogen-bond donors (Lipinski definition) is 0. The van der Waals surface area contributed by atoms with Crippen LogP contribution in [0.4, 0.5) is 0 Å². The van der Waals surface area contributed by atoms with Gasteiger partial charge in [0, 0.05) is 0 Å². The van der Waals surface area contributed by atoms with Crippen molar-refractivity contribution in [3.8, 4) is 0 Å². The Balaban J connectivity index is 0. The molecule has 0 saturated heterocycles. The van der Waals surface area contributed by atoms with Crippen LogP contribution in [0.1, 0.15) is 27.7 Å².